The molecule has 0 radical (unpaired) electrons. The van der Waals surface area contributed by atoms with Crippen molar-refractivity contribution in [3.63, 3.8) is 0 Å². The van der Waals surface area contributed by atoms with Gasteiger partial charge in [0, 0.05) is 77.9 Å². The molecular formula is C96H70N4. The van der Waals surface area contributed by atoms with Gasteiger partial charge in [-0.3, -0.25) is 0 Å². The molecule has 17 aromatic rings. The van der Waals surface area contributed by atoms with Crippen molar-refractivity contribution in [3.8, 4) is 78.1 Å². The number of hydrogen-bond donors (Lipinski definition) is 0. The number of fused-ring (bicyclic) bond motifs is 12. The Morgan fingerprint density at radius 3 is 1.01 bits per heavy atom. The van der Waals surface area contributed by atoms with Crippen LogP contribution in [0.2, 0.25) is 0 Å². The van der Waals surface area contributed by atoms with Crippen LogP contribution in [0.3, 0.4) is 0 Å². The summed E-state index contributed by atoms with van der Waals surface area (Å²) in [5.41, 5.74) is 33.5. The predicted octanol–water partition coefficient (Wildman–Crippen LogP) is 26.1. The molecular weight excluding hydrogens is 1210 g/mol. The van der Waals surface area contributed by atoms with Gasteiger partial charge in [-0.05, 0) is 210 Å². The quantitative estimate of drug-likeness (QED) is 0.121. The molecule has 0 saturated heterocycles. The van der Waals surface area contributed by atoms with Gasteiger partial charge in [-0.25, -0.2) is 0 Å². The van der Waals surface area contributed by atoms with Gasteiger partial charge in [0.15, 0.2) is 0 Å². The summed E-state index contributed by atoms with van der Waals surface area (Å²) < 4.78 is 4.90. The van der Waals surface area contributed by atoms with E-state index in [1.165, 1.54) is 111 Å². The first-order chi connectivity index (χ1) is 49.1. The molecule has 0 amide bonds. The third kappa shape index (κ3) is 9.50. The van der Waals surface area contributed by atoms with Crippen molar-refractivity contribution in [1.29, 1.82) is 0 Å². The lowest BCUT2D eigenvalue weighted by Gasteiger charge is -2.28. The summed E-state index contributed by atoms with van der Waals surface area (Å²) in [5, 5.41) is 4.84. The normalized spacial score (nSPS) is 13.2. The first-order valence-electron chi connectivity index (χ1n) is 34.9. The molecule has 0 bridgehead atoms. The number of hydrogen-bond acceptors (Lipinski definition) is 2. The molecule has 2 aromatic heterocycles. The fourth-order valence-corrected chi connectivity index (χ4v) is 16.7. The molecule has 19 rings (SSSR count). The van der Waals surface area contributed by atoms with Gasteiger partial charge in [-0.15, -0.1) is 0 Å². The van der Waals surface area contributed by atoms with Gasteiger partial charge in [0.05, 0.1) is 22.1 Å². The molecule has 0 saturated carbocycles. The van der Waals surface area contributed by atoms with Gasteiger partial charge in [0.1, 0.15) is 0 Å². The lowest BCUT2D eigenvalue weighted by molar-refractivity contribution is 0.660. The Labute approximate surface area is 583 Å². The summed E-state index contributed by atoms with van der Waals surface area (Å²) in [6.07, 6.45) is 0. The number of para-hydroxylation sites is 2. The fraction of sp³-hybridized carbons (Fsp3) is 0.0625. The molecule has 4 heteroatoms. The summed E-state index contributed by atoms with van der Waals surface area (Å²) in [6.45, 7) is 9.45. The zero-order valence-electron chi connectivity index (χ0n) is 56.3. The molecule has 0 aliphatic heterocycles. The molecule has 15 aromatic carbocycles. The van der Waals surface area contributed by atoms with E-state index in [-0.39, 0.29) is 10.8 Å². The molecule has 2 aliphatic carbocycles. The van der Waals surface area contributed by atoms with Gasteiger partial charge in [0.2, 0.25) is 0 Å². The highest BCUT2D eigenvalue weighted by atomic mass is 15.1. The monoisotopic (exact) mass is 1280 g/mol. The molecule has 0 unspecified atom stereocenters. The molecule has 4 nitrogen and oxygen atoms in total. The first-order valence-corrected chi connectivity index (χ1v) is 34.9. The van der Waals surface area contributed by atoms with Gasteiger partial charge < -0.3 is 18.9 Å². The fourth-order valence-electron chi connectivity index (χ4n) is 16.7. The van der Waals surface area contributed by atoms with Crippen molar-refractivity contribution in [1.82, 2.24) is 9.13 Å². The Morgan fingerprint density at radius 2 is 0.520 bits per heavy atom. The smallest absolute Gasteiger partial charge is 0.0542 e. The zero-order valence-corrected chi connectivity index (χ0v) is 56.3. The van der Waals surface area contributed by atoms with Gasteiger partial charge in [0.25, 0.3) is 0 Å². The summed E-state index contributed by atoms with van der Waals surface area (Å²) in [6, 6.07) is 130. The Bertz CT molecular complexity index is 6050. The van der Waals surface area contributed by atoms with Crippen LogP contribution in [-0.2, 0) is 10.8 Å². The lowest BCUT2D eigenvalue weighted by atomic mass is 9.82. The summed E-state index contributed by atoms with van der Waals surface area (Å²) in [5.74, 6) is 0. The van der Waals surface area contributed by atoms with E-state index in [9.17, 15) is 0 Å². The zero-order chi connectivity index (χ0) is 66.8. The molecule has 474 valence electrons. The minimum absolute atomic E-state index is 0.109. The molecule has 0 spiro atoms. The second-order valence-electron chi connectivity index (χ2n) is 28.1. The van der Waals surface area contributed by atoms with E-state index < -0.39 is 0 Å². The highest BCUT2D eigenvalue weighted by Crippen LogP contribution is 2.53. The van der Waals surface area contributed by atoms with Crippen molar-refractivity contribution in [2.24, 2.45) is 0 Å². The summed E-state index contributed by atoms with van der Waals surface area (Å²) in [4.78, 5) is 4.84. The number of benzene rings is 15. The molecule has 0 fully saturated rings. The second-order valence-corrected chi connectivity index (χ2v) is 28.1. The van der Waals surface area contributed by atoms with Crippen molar-refractivity contribution >= 4 is 77.7 Å². The third-order valence-electron chi connectivity index (χ3n) is 21.7. The highest BCUT2D eigenvalue weighted by molar-refractivity contribution is 6.12. The number of aromatic nitrogens is 2. The van der Waals surface area contributed by atoms with Crippen LogP contribution in [0, 0.1) is 0 Å². The van der Waals surface area contributed by atoms with Crippen LogP contribution >= 0.6 is 0 Å². The van der Waals surface area contributed by atoms with Crippen LogP contribution in [-0.4, -0.2) is 9.13 Å². The SMILES string of the molecule is CC1(C)c2ccccc2-c2ccc(N(c3ccc(-c4ccccc4)cc3)c3ccc4c(c3)c3ccccc3n4-c3cccc(-c4ccc(-c5ccc(N(c6ccc(-c7ccccc7)cc6)c6ccc7c(c6)c6ccccc6n7-c6ccc7c(c6)C(C)(C)c6ccccc6-7)cc5)cc4)c3)cc21. The molecule has 2 aliphatic rings. The van der Waals surface area contributed by atoms with E-state index >= 15 is 0 Å². The average Bonchev–Trinajstić information content (AvgIpc) is 1.58. The maximum absolute atomic E-state index is 2.46. The standard InChI is InChI=1S/C96H70N4/c1-95(2)87-30-15-11-26-79(87)81-54-50-77(61-89(81)95)98(73-48-40-67(41-49-73)64-22-9-6-10-23-64)76-53-57-93-86(60-76)83-28-13-17-32-91(83)99(93)74-25-19-24-70(58-74)69-36-34-65(35-37-69)68-42-46-72(47-43-68)97(71-44-38-66(39-45-71)63-20-7-5-8-21-63)75-52-56-94-85(59-75)84-29-14-18-33-92(84)100(94)78-51-55-82-80-27-12-16-31-88(80)96(3,4)90(82)62-78/h5-62H,1-4H3. The van der Waals surface area contributed by atoms with Crippen LogP contribution in [0.4, 0.5) is 34.1 Å². The van der Waals surface area contributed by atoms with Crippen molar-refractivity contribution in [3.05, 3.63) is 374 Å². The first kappa shape index (κ1) is 58.8. The summed E-state index contributed by atoms with van der Waals surface area (Å²) >= 11 is 0. The van der Waals surface area contributed by atoms with E-state index in [0.717, 1.165) is 67.6 Å². The highest BCUT2D eigenvalue weighted by Gasteiger charge is 2.37. The minimum atomic E-state index is -0.144. The maximum atomic E-state index is 2.46. The van der Waals surface area contributed by atoms with Gasteiger partial charge in [-0.2, -0.15) is 0 Å². The second kappa shape index (κ2) is 23.1. The molecule has 100 heavy (non-hydrogen) atoms. The van der Waals surface area contributed by atoms with E-state index in [2.05, 4.69) is 398 Å². The van der Waals surface area contributed by atoms with E-state index in [0.29, 0.717) is 0 Å². The Balaban J connectivity index is 0.648. The predicted molar refractivity (Wildman–Crippen MR) is 421 cm³/mol. The van der Waals surface area contributed by atoms with Crippen LogP contribution in [0.1, 0.15) is 49.9 Å². The molecule has 0 N–H and O–H groups in total. The van der Waals surface area contributed by atoms with E-state index in [1.807, 2.05) is 0 Å². The largest absolute Gasteiger partial charge is 0.310 e. The molecule has 2 heterocycles. The Hall–Kier alpha value is -12.5. The number of anilines is 6. The van der Waals surface area contributed by atoms with Gasteiger partial charge >= 0.3 is 0 Å². The van der Waals surface area contributed by atoms with Crippen LogP contribution < -0.4 is 9.80 Å². The van der Waals surface area contributed by atoms with Crippen LogP contribution in [0.5, 0.6) is 0 Å². The minimum Gasteiger partial charge on any atom is -0.310 e. The van der Waals surface area contributed by atoms with Crippen molar-refractivity contribution < 1.29 is 0 Å². The third-order valence-corrected chi connectivity index (χ3v) is 21.7. The lowest BCUT2D eigenvalue weighted by Crippen LogP contribution is -2.16. The van der Waals surface area contributed by atoms with E-state index in [4.69, 9.17) is 0 Å². The van der Waals surface area contributed by atoms with Gasteiger partial charge in [-0.1, -0.05) is 258 Å². The van der Waals surface area contributed by atoms with Crippen molar-refractivity contribution in [2.75, 3.05) is 9.80 Å². The van der Waals surface area contributed by atoms with E-state index in [1.54, 1.807) is 0 Å². The summed E-state index contributed by atoms with van der Waals surface area (Å²) in [7, 11) is 0. The topological polar surface area (TPSA) is 16.3 Å². The molecule has 0 atom stereocenters. The Kier molecular flexibility index (Phi) is 13.6. The maximum Gasteiger partial charge on any atom is 0.0542 e. The number of rotatable bonds is 12. The van der Waals surface area contributed by atoms with Crippen LogP contribution in [0.15, 0.2) is 352 Å². The Morgan fingerprint density at radius 1 is 0.200 bits per heavy atom. The number of nitrogens with zero attached hydrogens (tertiary/aromatic N) is 4. The van der Waals surface area contributed by atoms with Crippen LogP contribution in [0.25, 0.3) is 122 Å². The van der Waals surface area contributed by atoms with Crippen molar-refractivity contribution in [2.45, 2.75) is 38.5 Å². The average molecular weight is 1280 g/mol.